The fraction of sp³-hybridized carbons (Fsp3) is 1.00. The third-order valence-corrected chi connectivity index (χ3v) is 1.79. The Kier molecular flexibility index (Phi) is 14.9. The summed E-state index contributed by atoms with van der Waals surface area (Å²) in [5.74, 6) is 0. The molecule has 0 aromatic carbocycles. The SMILES string of the molecule is CCCC(N)CO.CCCC(N)CO. The third kappa shape index (κ3) is 14.4. The van der Waals surface area contributed by atoms with Crippen LogP contribution in [0.25, 0.3) is 0 Å². The van der Waals surface area contributed by atoms with Gasteiger partial charge in [0.25, 0.3) is 0 Å². The highest BCUT2D eigenvalue weighted by atomic mass is 16.3. The molecule has 4 heteroatoms. The summed E-state index contributed by atoms with van der Waals surface area (Å²) >= 11 is 0. The molecule has 0 saturated carbocycles. The van der Waals surface area contributed by atoms with Crippen LogP contribution in [0.4, 0.5) is 0 Å². The molecule has 0 saturated heterocycles. The highest BCUT2D eigenvalue weighted by Crippen LogP contribution is 1.89. The van der Waals surface area contributed by atoms with Crippen molar-refractivity contribution in [1.82, 2.24) is 0 Å². The maximum Gasteiger partial charge on any atom is 0.0582 e. The smallest absolute Gasteiger partial charge is 0.0582 e. The lowest BCUT2D eigenvalue weighted by Gasteiger charge is -2.02. The molecule has 6 N–H and O–H groups in total. The summed E-state index contributed by atoms with van der Waals surface area (Å²) in [6, 6.07) is 0.00926. The predicted molar refractivity (Wildman–Crippen MR) is 59.9 cm³/mol. The number of nitrogens with two attached hydrogens (primary N) is 2. The van der Waals surface area contributed by atoms with Crippen LogP contribution in [-0.2, 0) is 0 Å². The summed E-state index contributed by atoms with van der Waals surface area (Å²) in [5.41, 5.74) is 10.7. The van der Waals surface area contributed by atoms with Gasteiger partial charge in [-0.15, -0.1) is 0 Å². The van der Waals surface area contributed by atoms with Gasteiger partial charge in [0.1, 0.15) is 0 Å². The fourth-order valence-electron chi connectivity index (χ4n) is 0.924. The third-order valence-electron chi connectivity index (χ3n) is 1.79. The van der Waals surface area contributed by atoms with Gasteiger partial charge in [-0.1, -0.05) is 26.7 Å². The summed E-state index contributed by atoms with van der Waals surface area (Å²) in [5, 5.41) is 16.7. The van der Waals surface area contributed by atoms with Crippen LogP contribution in [0.1, 0.15) is 39.5 Å². The van der Waals surface area contributed by atoms with Crippen LogP contribution < -0.4 is 11.5 Å². The highest BCUT2D eigenvalue weighted by molar-refractivity contribution is 4.55. The number of hydrogen-bond donors (Lipinski definition) is 4. The van der Waals surface area contributed by atoms with Gasteiger partial charge in [-0.25, -0.2) is 0 Å². The number of hydrogen-bond acceptors (Lipinski definition) is 4. The molecular weight excluding hydrogens is 180 g/mol. The van der Waals surface area contributed by atoms with Crippen molar-refractivity contribution >= 4 is 0 Å². The van der Waals surface area contributed by atoms with Gasteiger partial charge >= 0.3 is 0 Å². The molecule has 0 fully saturated rings. The first-order valence-electron chi connectivity index (χ1n) is 5.35. The Hall–Kier alpha value is -0.160. The predicted octanol–water partition coefficient (Wildman–Crippen LogP) is 0.212. The number of aliphatic hydroxyl groups excluding tert-OH is 2. The van der Waals surface area contributed by atoms with Crippen molar-refractivity contribution in [2.24, 2.45) is 11.5 Å². The monoisotopic (exact) mass is 206 g/mol. The van der Waals surface area contributed by atoms with E-state index in [1.807, 2.05) is 0 Å². The van der Waals surface area contributed by atoms with E-state index in [2.05, 4.69) is 13.8 Å². The first-order chi connectivity index (χ1) is 6.62. The van der Waals surface area contributed by atoms with Gasteiger partial charge in [0.05, 0.1) is 13.2 Å². The van der Waals surface area contributed by atoms with E-state index in [0.29, 0.717) is 0 Å². The van der Waals surface area contributed by atoms with Crippen molar-refractivity contribution in [1.29, 1.82) is 0 Å². The molecule has 0 aromatic rings. The summed E-state index contributed by atoms with van der Waals surface area (Å²) < 4.78 is 0. The first kappa shape index (κ1) is 16.3. The van der Waals surface area contributed by atoms with Crippen molar-refractivity contribution < 1.29 is 10.2 Å². The Morgan fingerprint density at radius 3 is 1.21 bits per heavy atom. The average molecular weight is 206 g/mol. The second-order valence-corrected chi connectivity index (χ2v) is 3.46. The number of rotatable bonds is 6. The molecule has 0 aliphatic carbocycles. The zero-order valence-electron chi connectivity index (χ0n) is 9.45. The quantitative estimate of drug-likeness (QED) is 0.500. The maximum atomic E-state index is 8.34. The van der Waals surface area contributed by atoms with Crippen LogP contribution in [-0.4, -0.2) is 35.5 Å². The van der Waals surface area contributed by atoms with Crippen LogP contribution in [0.15, 0.2) is 0 Å². The molecule has 0 aliphatic rings. The lowest BCUT2D eigenvalue weighted by molar-refractivity contribution is 0.259. The Labute approximate surface area is 87.3 Å². The lowest BCUT2D eigenvalue weighted by atomic mass is 10.2. The molecule has 0 radical (unpaired) electrons. The van der Waals surface area contributed by atoms with Crippen molar-refractivity contribution in [3.05, 3.63) is 0 Å². The molecule has 88 valence electrons. The van der Waals surface area contributed by atoms with Crippen LogP contribution in [0.3, 0.4) is 0 Å². The summed E-state index contributed by atoms with van der Waals surface area (Å²) in [7, 11) is 0. The van der Waals surface area contributed by atoms with E-state index >= 15 is 0 Å². The molecule has 2 unspecified atom stereocenters. The molecule has 0 heterocycles. The molecule has 0 bridgehead atoms. The zero-order chi connectivity index (χ0) is 11.4. The zero-order valence-corrected chi connectivity index (χ0v) is 9.45. The molecule has 4 nitrogen and oxygen atoms in total. The lowest BCUT2D eigenvalue weighted by Crippen LogP contribution is -2.23. The molecule has 0 amide bonds. The molecule has 0 rings (SSSR count). The normalized spacial score (nSPS) is 14.1. The van der Waals surface area contributed by atoms with Gasteiger partial charge in [-0.3, -0.25) is 0 Å². The minimum absolute atomic E-state index is 0.00463. The van der Waals surface area contributed by atoms with Gasteiger partial charge in [0.2, 0.25) is 0 Å². The maximum absolute atomic E-state index is 8.34. The van der Waals surface area contributed by atoms with E-state index in [9.17, 15) is 0 Å². The largest absolute Gasteiger partial charge is 0.395 e. The number of aliphatic hydroxyl groups is 2. The van der Waals surface area contributed by atoms with E-state index in [1.165, 1.54) is 0 Å². The second-order valence-electron chi connectivity index (χ2n) is 3.46. The second kappa shape index (κ2) is 12.8. The van der Waals surface area contributed by atoms with E-state index in [-0.39, 0.29) is 25.3 Å². The van der Waals surface area contributed by atoms with Gasteiger partial charge in [0, 0.05) is 12.1 Å². The van der Waals surface area contributed by atoms with E-state index in [4.69, 9.17) is 21.7 Å². The van der Waals surface area contributed by atoms with E-state index < -0.39 is 0 Å². The van der Waals surface area contributed by atoms with Crippen molar-refractivity contribution in [3.8, 4) is 0 Å². The standard InChI is InChI=1S/2C5H13NO/c2*1-2-3-5(6)4-7/h2*5,7H,2-4,6H2,1H3. The molecular formula is C10H26N2O2. The molecule has 0 spiro atoms. The van der Waals surface area contributed by atoms with Gasteiger partial charge in [0.15, 0.2) is 0 Å². The molecule has 0 aliphatic heterocycles. The Balaban J connectivity index is 0. The van der Waals surface area contributed by atoms with Crippen LogP contribution in [0, 0.1) is 0 Å². The topological polar surface area (TPSA) is 92.5 Å². The minimum Gasteiger partial charge on any atom is -0.395 e. The Morgan fingerprint density at radius 2 is 1.14 bits per heavy atom. The summed E-state index contributed by atoms with van der Waals surface area (Å²) in [6.45, 7) is 4.34. The molecule has 2 atom stereocenters. The Morgan fingerprint density at radius 1 is 0.857 bits per heavy atom. The highest BCUT2D eigenvalue weighted by Gasteiger charge is 1.94. The minimum atomic E-state index is 0.00463. The van der Waals surface area contributed by atoms with E-state index in [1.54, 1.807) is 0 Å². The molecule has 14 heavy (non-hydrogen) atoms. The van der Waals surface area contributed by atoms with Gasteiger partial charge < -0.3 is 21.7 Å². The summed E-state index contributed by atoms with van der Waals surface area (Å²) in [6.07, 6.45) is 3.97. The first-order valence-corrected chi connectivity index (χ1v) is 5.35. The summed E-state index contributed by atoms with van der Waals surface area (Å²) in [4.78, 5) is 0. The van der Waals surface area contributed by atoms with Gasteiger partial charge in [-0.2, -0.15) is 0 Å². The van der Waals surface area contributed by atoms with E-state index in [0.717, 1.165) is 25.7 Å². The van der Waals surface area contributed by atoms with Crippen LogP contribution >= 0.6 is 0 Å². The van der Waals surface area contributed by atoms with Crippen LogP contribution in [0.5, 0.6) is 0 Å². The van der Waals surface area contributed by atoms with Crippen LogP contribution in [0.2, 0.25) is 0 Å². The van der Waals surface area contributed by atoms with Gasteiger partial charge in [-0.05, 0) is 12.8 Å². The average Bonchev–Trinajstić information content (AvgIpc) is 2.19. The van der Waals surface area contributed by atoms with Crippen molar-refractivity contribution in [2.75, 3.05) is 13.2 Å². The molecule has 0 aromatic heterocycles. The Bertz CT molecular complexity index is 90.1. The fourth-order valence-corrected chi connectivity index (χ4v) is 0.924. The van der Waals surface area contributed by atoms with Crippen molar-refractivity contribution in [2.45, 2.75) is 51.6 Å². The van der Waals surface area contributed by atoms with Crippen molar-refractivity contribution in [3.63, 3.8) is 0 Å².